The van der Waals surface area contributed by atoms with E-state index in [1.54, 1.807) is 23.5 Å². The molecule has 0 amide bonds. The second-order valence-corrected chi connectivity index (χ2v) is 11.3. The molecule has 0 spiro atoms. The van der Waals surface area contributed by atoms with Crippen molar-refractivity contribution in [3.05, 3.63) is 53.9 Å². The molecule has 0 N–H and O–H groups in total. The molecule has 0 atom stereocenters. The number of sulfonamides is 1. The van der Waals surface area contributed by atoms with E-state index >= 15 is 0 Å². The van der Waals surface area contributed by atoms with E-state index in [2.05, 4.69) is 24.0 Å². The van der Waals surface area contributed by atoms with Gasteiger partial charge in [0.05, 0.1) is 18.1 Å². The van der Waals surface area contributed by atoms with Crippen molar-refractivity contribution in [3.63, 3.8) is 0 Å². The fourth-order valence-corrected chi connectivity index (χ4v) is 5.66. The van der Waals surface area contributed by atoms with Gasteiger partial charge in [-0.25, -0.2) is 8.42 Å². The van der Waals surface area contributed by atoms with Crippen LogP contribution in [0.5, 0.6) is 11.5 Å². The van der Waals surface area contributed by atoms with Crippen LogP contribution in [-0.2, 0) is 10.0 Å². The Morgan fingerprint density at radius 2 is 1.69 bits per heavy atom. The summed E-state index contributed by atoms with van der Waals surface area (Å²) in [5.41, 5.74) is 1.88. The fraction of sp³-hybridized carbons (Fsp3) is 0.462. The van der Waals surface area contributed by atoms with Gasteiger partial charge in [-0.05, 0) is 68.5 Å². The zero-order valence-electron chi connectivity index (χ0n) is 20.9. The minimum absolute atomic E-state index is 0.0106. The lowest BCUT2D eigenvalue weighted by Crippen LogP contribution is -2.37. The van der Waals surface area contributed by atoms with Crippen molar-refractivity contribution < 1.29 is 22.4 Å². The van der Waals surface area contributed by atoms with E-state index in [4.69, 9.17) is 14.0 Å². The highest BCUT2D eigenvalue weighted by molar-refractivity contribution is 7.89. The fourth-order valence-electron chi connectivity index (χ4n) is 4.19. The average molecular weight is 500 g/mol. The van der Waals surface area contributed by atoms with Crippen molar-refractivity contribution in [2.45, 2.75) is 63.4 Å². The van der Waals surface area contributed by atoms with Crippen LogP contribution >= 0.6 is 0 Å². The Kier molecular flexibility index (Phi) is 7.47. The predicted octanol–water partition coefficient (Wildman–Crippen LogP) is 5.22. The Labute approximate surface area is 207 Å². The molecule has 1 aliphatic rings. The third-order valence-electron chi connectivity index (χ3n) is 6.21. The number of hydrogen-bond acceptors (Lipinski definition) is 7. The van der Waals surface area contributed by atoms with Gasteiger partial charge in [0.15, 0.2) is 11.5 Å². The number of benzene rings is 2. The number of methoxy groups -OCH3 is 1. The second-order valence-electron chi connectivity index (χ2n) is 9.39. The van der Waals surface area contributed by atoms with Gasteiger partial charge in [0.2, 0.25) is 21.7 Å². The summed E-state index contributed by atoms with van der Waals surface area (Å²) >= 11 is 0. The molecule has 35 heavy (non-hydrogen) atoms. The largest absolute Gasteiger partial charge is 0.493 e. The molecule has 2 heterocycles. The van der Waals surface area contributed by atoms with E-state index in [0.717, 1.165) is 11.1 Å². The summed E-state index contributed by atoms with van der Waals surface area (Å²) in [6.07, 6.45) is 1.27. The maximum absolute atomic E-state index is 13.1. The van der Waals surface area contributed by atoms with Gasteiger partial charge in [-0.2, -0.15) is 9.29 Å². The molecule has 9 heteroatoms. The Hall–Kier alpha value is -2.91. The Morgan fingerprint density at radius 1 is 1.00 bits per heavy atom. The predicted molar refractivity (Wildman–Crippen MR) is 133 cm³/mol. The summed E-state index contributed by atoms with van der Waals surface area (Å²) in [5.74, 6) is 2.62. The van der Waals surface area contributed by atoms with Crippen LogP contribution in [0.25, 0.3) is 11.4 Å². The lowest BCUT2D eigenvalue weighted by Gasteiger charge is -2.29. The van der Waals surface area contributed by atoms with Gasteiger partial charge in [0.1, 0.15) is 0 Å². The maximum Gasteiger partial charge on any atom is 0.243 e. The van der Waals surface area contributed by atoms with Gasteiger partial charge < -0.3 is 14.0 Å². The van der Waals surface area contributed by atoms with E-state index in [9.17, 15) is 8.42 Å². The van der Waals surface area contributed by atoms with E-state index in [-0.39, 0.29) is 12.0 Å². The van der Waals surface area contributed by atoms with Crippen molar-refractivity contribution in [1.29, 1.82) is 0 Å². The molecular weight excluding hydrogens is 466 g/mol. The Morgan fingerprint density at radius 3 is 2.29 bits per heavy atom. The molecule has 1 saturated heterocycles. The van der Waals surface area contributed by atoms with Gasteiger partial charge in [-0.15, -0.1) is 0 Å². The normalized spacial score (nSPS) is 15.6. The molecule has 0 radical (unpaired) electrons. The zero-order chi connectivity index (χ0) is 25.2. The quantitative estimate of drug-likeness (QED) is 0.419. The first-order valence-electron chi connectivity index (χ1n) is 12.0. The number of hydrogen-bond donors (Lipinski definition) is 0. The smallest absolute Gasteiger partial charge is 0.243 e. The Balaban J connectivity index is 1.43. The molecule has 1 aliphatic heterocycles. The van der Waals surface area contributed by atoms with Crippen LogP contribution in [0.2, 0.25) is 0 Å². The molecule has 0 saturated carbocycles. The number of aromatic nitrogens is 2. The second kappa shape index (κ2) is 10.4. The van der Waals surface area contributed by atoms with Crippen molar-refractivity contribution in [2.24, 2.45) is 0 Å². The summed E-state index contributed by atoms with van der Waals surface area (Å²) < 4.78 is 44.6. The summed E-state index contributed by atoms with van der Waals surface area (Å²) in [5, 5.41) is 4.15. The highest BCUT2D eigenvalue weighted by atomic mass is 32.2. The summed E-state index contributed by atoms with van der Waals surface area (Å²) in [6, 6.07) is 12.7. The monoisotopic (exact) mass is 499 g/mol. The first-order chi connectivity index (χ1) is 16.7. The van der Waals surface area contributed by atoms with Gasteiger partial charge in [0, 0.05) is 24.6 Å². The van der Waals surface area contributed by atoms with Crippen LogP contribution in [0, 0.1) is 0 Å². The first-order valence-corrected chi connectivity index (χ1v) is 13.4. The lowest BCUT2D eigenvalue weighted by molar-refractivity contribution is 0.230. The van der Waals surface area contributed by atoms with Crippen molar-refractivity contribution >= 4 is 10.0 Å². The van der Waals surface area contributed by atoms with Crippen molar-refractivity contribution in [2.75, 3.05) is 20.2 Å². The summed E-state index contributed by atoms with van der Waals surface area (Å²) in [6.45, 7) is 8.90. The van der Waals surface area contributed by atoms with Gasteiger partial charge in [0.25, 0.3) is 0 Å². The molecule has 1 fully saturated rings. The van der Waals surface area contributed by atoms with E-state index < -0.39 is 10.0 Å². The van der Waals surface area contributed by atoms with E-state index in [1.807, 2.05) is 44.2 Å². The molecule has 0 unspecified atom stereocenters. The number of rotatable bonds is 8. The standard InChI is InChI=1S/C26H33N3O5S/c1-17(2)19-6-9-22(10-7-19)35(30,31)29-14-12-20(13-15-29)26-27-25(28-34-26)21-8-11-23(33-18(3)4)24(16-21)32-5/h6-11,16-18,20H,12-15H2,1-5H3. The SMILES string of the molecule is COc1cc(-c2noc(C3CCN(S(=O)(=O)c4ccc(C(C)C)cc4)CC3)n2)ccc1OC(C)C. The van der Waals surface area contributed by atoms with Crippen molar-refractivity contribution in [3.8, 4) is 22.9 Å². The van der Waals surface area contributed by atoms with Crippen LogP contribution in [0.1, 0.15) is 63.8 Å². The van der Waals surface area contributed by atoms with E-state index in [1.165, 1.54) is 0 Å². The highest BCUT2D eigenvalue weighted by Crippen LogP contribution is 2.34. The lowest BCUT2D eigenvalue weighted by atomic mass is 9.98. The van der Waals surface area contributed by atoms with Crippen LogP contribution in [0.4, 0.5) is 0 Å². The number of nitrogens with zero attached hydrogens (tertiary/aromatic N) is 3. The molecule has 3 aromatic rings. The Bertz CT molecular complexity index is 1240. The van der Waals surface area contributed by atoms with E-state index in [0.29, 0.717) is 60.0 Å². The molecule has 8 nitrogen and oxygen atoms in total. The van der Waals surface area contributed by atoms with Gasteiger partial charge >= 0.3 is 0 Å². The summed E-state index contributed by atoms with van der Waals surface area (Å²) in [4.78, 5) is 4.93. The molecule has 4 rings (SSSR count). The zero-order valence-corrected chi connectivity index (χ0v) is 21.7. The van der Waals surface area contributed by atoms with Crippen molar-refractivity contribution in [1.82, 2.24) is 14.4 Å². The first kappa shape index (κ1) is 25.2. The molecule has 188 valence electrons. The molecular formula is C26H33N3O5S. The highest BCUT2D eigenvalue weighted by Gasteiger charge is 2.32. The maximum atomic E-state index is 13.1. The molecule has 0 bridgehead atoms. The van der Waals surface area contributed by atoms with Crippen LogP contribution < -0.4 is 9.47 Å². The summed E-state index contributed by atoms with van der Waals surface area (Å²) in [7, 11) is -1.94. The molecule has 1 aromatic heterocycles. The van der Waals surface area contributed by atoms with Crippen LogP contribution in [0.15, 0.2) is 51.9 Å². The van der Waals surface area contributed by atoms with Gasteiger partial charge in [-0.3, -0.25) is 0 Å². The van der Waals surface area contributed by atoms with Gasteiger partial charge in [-0.1, -0.05) is 31.1 Å². The third kappa shape index (κ3) is 5.51. The minimum atomic E-state index is -3.53. The number of piperidine rings is 1. The average Bonchev–Trinajstić information content (AvgIpc) is 3.34. The van der Waals surface area contributed by atoms with Crippen LogP contribution in [-0.4, -0.2) is 49.2 Å². The minimum Gasteiger partial charge on any atom is -0.493 e. The number of ether oxygens (including phenoxy) is 2. The topological polar surface area (TPSA) is 94.8 Å². The third-order valence-corrected chi connectivity index (χ3v) is 8.13. The molecule has 0 aliphatic carbocycles. The molecule has 2 aromatic carbocycles. The van der Waals surface area contributed by atoms with Crippen LogP contribution in [0.3, 0.4) is 0 Å².